The number of para-hydroxylation sites is 1. The summed E-state index contributed by atoms with van der Waals surface area (Å²) in [6, 6.07) is 8.70. The molecule has 1 heterocycles. The van der Waals surface area contributed by atoms with Crippen LogP contribution in [0.5, 0.6) is 0 Å². The third kappa shape index (κ3) is 3.09. The summed E-state index contributed by atoms with van der Waals surface area (Å²) < 4.78 is 5.59. The third-order valence-electron chi connectivity index (χ3n) is 4.48. The Kier molecular flexibility index (Phi) is 3.95. The summed E-state index contributed by atoms with van der Waals surface area (Å²) in [5.74, 6) is 2.67. The normalized spacial score (nSPS) is 25.8. The Hall–Kier alpha value is -1.84. The van der Waals surface area contributed by atoms with Crippen LogP contribution in [0.3, 0.4) is 0 Å². The van der Waals surface area contributed by atoms with Crippen LogP contribution in [0.15, 0.2) is 28.7 Å². The minimum atomic E-state index is 0.513. The molecule has 1 saturated carbocycles. The van der Waals surface area contributed by atoms with E-state index in [2.05, 4.69) is 35.4 Å². The lowest BCUT2D eigenvalue weighted by Gasteiger charge is -2.34. The van der Waals surface area contributed by atoms with Crippen molar-refractivity contribution in [2.75, 3.05) is 5.32 Å². The molecule has 4 heteroatoms. The van der Waals surface area contributed by atoms with E-state index in [-0.39, 0.29) is 0 Å². The molecule has 3 rings (SSSR count). The highest BCUT2D eigenvalue weighted by Gasteiger charge is 2.26. The Balaban J connectivity index is 1.85. The molecule has 0 amide bonds. The van der Waals surface area contributed by atoms with E-state index >= 15 is 0 Å². The van der Waals surface area contributed by atoms with Gasteiger partial charge in [0.2, 0.25) is 11.8 Å². The predicted molar refractivity (Wildman–Crippen MR) is 84.1 cm³/mol. The van der Waals surface area contributed by atoms with Crippen molar-refractivity contribution in [2.45, 2.75) is 46.1 Å². The maximum absolute atomic E-state index is 5.59. The van der Waals surface area contributed by atoms with Gasteiger partial charge in [0.25, 0.3) is 0 Å². The molecule has 1 aromatic heterocycles. The van der Waals surface area contributed by atoms with Crippen LogP contribution in [0, 0.1) is 18.8 Å². The van der Waals surface area contributed by atoms with Crippen LogP contribution in [-0.4, -0.2) is 16.2 Å². The molecule has 21 heavy (non-hydrogen) atoms. The molecule has 1 N–H and O–H groups in total. The molecule has 3 atom stereocenters. The predicted octanol–water partition coefficient (Wildman–Crippen LogP) is 4.28. The maximum atomic E-state index is 5.59. The molecule has 2 aromatic rings. The van der Waals surface area contributed by atoms with Gasteiger partial charge >= 0.3 is 0 Å². The van der Waals surface area contributed by atoms with E-state index in [4.69, 9.17) is 4.42 Å². The quantitative estimate of drug-likeness (QED) is 0.914. The average Bonchev–Trinajstić information content (AvgIpc) is 2.90. The number of rotatable bonds is 3. The van der Waals surface area contributed by atoms with E-state index in [0.717, 1.165) is 17.2 Å². The zero-order chi connectivity index (χ0) is 14.8. The summed E-state index contributed by atoms with van der Waals surface area (Å²) >= 11 is 0. The lowest BCUT2D eigenvalue weighted by molar-refractivity contribution is 0.281. The topological polar surface area (TPSA) is 51.0 Å². The number of nitrogens with one attached hydrogen (secondary N) is 1. The van der Waals surface area contributed by atoms with E-state index < -0.39 is 0 Å². The Labute approximate surface area is 126 Å². The third-order valence-corrected chi connectivity index (χ3v) is 4.48. The Morgan fingerprint density at radius 2 is 1.95 bits per heavy atom. The van der Waals surface area contributed by atoms with Crippen molar-refractivity contribution < 1.29 is 4.42 Å². The minimum absolute atomic E-state index is 0.513. The van der Waals surface area contributed by atoms with Crippen LogP contribution in [0.4, 0.5) is 5.69 Å². The zero-order valence-electron chi connectivity index (χ0n) is 13.0. The van der Waals surface area contributed by atoms with Gasteiger partial charge in [-0.1, -0.05) is 32.4 Å². The summed E-state index contributed by atoms with van der Waals surface area (Å²) in [6.45, 7) is 6.49. The molecule has 0 radical (unpaired) electrons. The number of aryl methyl sites for hydroxylation is 1. The van der Waals surface area contributed by atoms with E-state index in [0.29, 0.717) is 23.7 Å². The molecule has 112 valence electrons. The number of nitrogens with zero attached hydrogens (tertiary/aromatic N) is 2. The van der Waals surface area contributed by atoms with Crippen molar-refractivity contribution >= 4 is 5.69 Å². The van der Waals surface area contributed by atoms with Gasteiger partial charge in [-0.15, -0.1) is 10.2 Å². The van der Waals surface area contributed by atoms with Crippen LogP contribution >= 0.6 is 0 Å². The second-order valence-corrected chi connectivity index (χ2v) is 6.32. The molecule has 1 aromatic carbocycles. The molecule has 0 saturated heterocycles. The standard InChI is InChI=1S/C17H23N3O/c1-11-8-9-12(2)16(10-11)18-15-7-5-4-6-14(15)17-20-19-13(3)21-17/h4-7,11-12,16,18H,8-10H2,1-3H3. The van der Waals surface area contributed by atoms with Gasteiger partial charge in [0.05, 0.1) is 5.56 Å². The van der Waals surface area contributed by atoms with E-state index in [1.54, 1.807) is 0 Å². The van der Waals surface area contributed by atoms with E-state index in [1.807, 2.05) is 25.1 Å². The SMILES string of the molecule is Cc1nnc(-c2ccccc2NC2CC(C)CCC2C)o1. The van der Waals surface area contributed by atoms with Crippen molar-refractivity contribution in [3.05, 3.63) is 30.2 Å². The molecule has 0 bridgehead atoms. The number of anilines is 1. The Morgan fingerprint density at radius 1 is 1.14 bits per heavy atom. The van der Waals surface area contributed by atoms with Gasteiger partial charge in [0.15, 0.2) is 0 Å². The number of hydrogen-bond acceptors (Lipinski definition) is 4. The van der Waals surface area contributed by atoms with Crippen molar-refractivity contribution in [3.8, 4) is 11.5 Å². The monoisotopic (exact) mass is 285 g/mol. The van der Waals surface area contributed by atoms with Gasteiger partial charge in [0, 0.05) is 18.7 Å². The Bertz CT molecular complexity index is 608. The summed E-state index contributed by atoms with van der Waals surface area (Å²) in [6.07, 6.45) is 3.85. The van der Waals surface area contributed by atoms with Gasteiger partial charge < -0.3 is 9.73 Å². The van der Waals surface area contributed by atoms with Gasteiger partial charge in [-0.05, 0) is 36.8 Å². The van der Waals surface area contributed by atoms with Crippen LogP contribution in [0.2, 0.25) is 0 Å². The molecule has 1 fully saturated rings. The van der Waals surface area contributed by atoms with Crippen LogP contribution in [0.1, 0.15) is 39.0 Å². The first-order chi connectivity index (χ1) is 10.1. The van der Waals surface area contributed by atoms with Crippen LogP contribution in [0.25, 0.3) is 11.5 Å². The number of hydrogen-bond donors (Lipinski definition) is 1. The molecule has 4 nitrogen and oxygen atoms in total. The molecule has 1 aliphatic rings. The number of aromatic nitrogens is 2. The lowest BCUT2D eigenvalue weighted by atomic mass is 9.80. The van der Waals surface area contributed by atoms with Gasteiger partial charge in [-0.2, -0.15) is 0 Å². The molecular formula is C17H23N3O. The maximum Gasteiger partial charge on any atom is 0.249 e. The molecule has 0 aliphatic heterocycles. The summed E-state index contributed by atoms with van der Waals surface area (Å²) in [5, 5.41) is 11.8. The second kappa shape index (κ2) is 5.88. The molecular weight excluding hydrogens is 262 g/mol. The fourth-order valence-electron chi connectivity index (χ4n) is 3.13. The smallest absolute Gasteiger partial charge is 0.249 e. The largest absolute Gasteiger partial charge is 0.421 e. The van der Waals surface area contributed by atoms with Crippen molar-refractivity contribution in [1.82, 2.24) is 10.2 Å². The molecule has 1 aliphatic carbocycles. The van der Waals surface area contributed by atoms with Crippen molar-refractivity contribution in [2.24, 2.45) is 11.8 Å². The van der Waals surface area contributed by atoms with Gasteiger partial charge in [0.1, 0.15) is 0 Å². The molecule has 0 spiro atoms. The zero-order valence-corrected chi connectivity index (χ0v) is 13.0. The van der Waals surface area contributed by atoms with Crippen LogP contribution < -0.4 is 5.32 Å². The fraction of sp³-hybridized carbons (Fsp3) is 0.529. The highest BCUT2D eigenvalue weighted by atomic mass is 16.4. The summed E-state index contributed by atoms with van der Waals surface area (Å²) in [4.78, 5) is 0. The lowest BCUT2D eigenvalue weighted by Crippen LogP contribution is -2.33. The minimum Gasteiger partial charge on any atom is -0.421 e. The highest BCUT2D eigenvalue weighted by molar-refractivity contribution is 5.72. The van der Waals surface area contributed by atoms with E-state index in [9.17, 15) is 0 Å². The van der Waals surface area contributed by atoms with E-state index in [1.165, 1.54) is 19.3 Å². The van der Waals surface area contributed by atoms with Crippen LogP contribution in [-0.2, 0) is 0 Å². The van der Waals surface area contributed by atoms with Gasteiger partial charge in [-0.3, -0.25) is 0 Å². The Morgan fingerprint density at radius 3 is 2.71 bits per heavy atom. The summed E-state index contributed by atoms with van der Waals surface area (Å²) in [5.41, 5.74) is 2.08. The van der Waals surface area contributed by atoms with Crippen molar-refractivity contribution in [1.29, 1.82) is 0 Å². The van der Waals surface area contributed by atoms with Crippen molar-refractivity contribution in [3.63, 3.8) is 0 Å². The average molecular weight is 285 g/mol. The van der Waals surface area contributed by atoms with Gasteiger partial charge in [-0.25, -0.2) is 0 Å². The first kappa shape index (κ1) is 14.1. The fourth-order valence-corrected chi connectivity index (χ4v) is 3.13. The number of benzene rings is 1. The second-order valence-electron chi connectivity index (χ2n) is 6.32. The molecule has 3 unspecified atom stereocenters. The highest BCUT2D eigenvalue weighted by Crippen LogP contribution is 2.33. The summed E-state index contributed by atoms with van der Waals surface area (Å²) in [7, 11) is 0. The first-order valence-electron chi connectivity index (χ1n) is 7.79. The first-order valence-corrected chi connectivity index (χ1v) is 7.79.